The van der Waals surface area contributed by atoms with Gasteiger partial charge in [0.05, 0.1) is 6.10 Å². The number of halogens is 1. The molecule has 7 unspecified atom stereocenters. The Labute approximate surface area is 143 Å². The minimum absolute atomic E-state index is 0.0115. The smallest absolute Gasteiger partial charge is 0.0543 e. The zero-order chi connectivity index (χ0) is 14.8. The molecule has 4 rings (SSSR count). The summed E-state index contributed by atoms with van der Waals surface area (Å²) in [6.07, 6.45) is 12.9. The lowest BCUT2D eigenvalue weighted by Crippen LogP contribution is -2.53. The van der Waals surface area contributed by atoms with Crippen LogP contribution in [0, 0.1) is 34.5 Å². The highest BCUT2D eigenvalue weighted by molar-refractivity contribution is 14.1. The number of aliphatic hydroxyl groups excluding tert-OH is 1. The third kappa shape index (κ3) is 2.03. The van der Waals surface area contributed by atoms with Crippen LogP contribution in [0.1, 0.15) is 65.2 Å². The van der Waals surface area contributed by atoms with Gasteiger partial charge in [0.2, 0.25) is 0 Å². The fourth-order valence-electron chi connectivity index (χ4n) is 6.75. The van der Waals surface area contributed by atoms with E-state index in [0.717, 1.165) is 36.5 Å². The Morgan fingerprint density at radius 3 is 2.71 bits per heavy atom. The second-order valence-corrected chi connectivity index (χ2v) is 9.99. The van der Waals surface area contributed by atoms with Gasteiger partial charge in [0.1, 0.15) is 0 Å². The average molecular weight is 400 g/mol. The Balaban J connectivity index is 1.63. The van der Waals surface area contributed by atoms with Crippen molar-refractivity contribution in [3.05, 3.63) is 9.66 Å². The van der Waals surface area contributed by atoms with Crippen LogP contribution in [0.15, 0.2) is 9.66 Å². The van der Waals surface area contributed by atoms with Gasteiger partial charge in [-0.15, -0.1) is 0 Å². The number of hydrogen-bond acceptors (Lipinski definition) is 1. The maximum absolute atomic E-state index is 10.1. The monoisotopic (exact) mass is 400 g/mol. The van der Waals surface area contributed by atoms with Crippen molar-refractivity contribution in [2.75, 3.05) is 0 Å². The zero-order valence-electron chi connectivity index (χ0n) is 13.4. The lowest BCUT2D eigenvalue weighted by molar-refractivity contribution is -0.116. The van der Waals surface area contributed by atoms with Crippen LogP contribution in [0.4, 0.5) is 0 Å². The highest BCUT2D eigenvalue weighted by Gasteiger charge is 2.58. The lowest BCUT2D eigenvalue weighted by Gasteiger charge is -2.60. The topological polar surface area (TPSA) is 20.2 Å². The molecule has 0 amide bonds. The first-order valence-corrected chi connectivity index (χ1v) is 10.1. The van der Waals surface area contributed by atoms with Crippen LogP contribution in [0.2, 0.25) is 0 Å². The van der Waals surface area contributed by atoms with E-state index < -0.39 is 0 Å². The molecule has 0 aromatic rings. The first kappa shape index (κ1) is 15.0. The van der Waals surface area contributed by atoms with Crippen LogP contribution in [0.3, 0.4) is 0 Å². The normalized spacial score (nSPS) is 56.2. The van der Waals surface area contributed by atoms with E-state index in [1.54, 1.807) is 3.58 Å². The Morgan fingerprint density at radius 1 is 1.10 bits per heavy atom. The summed E-state index contributed by atoms with van der Waals surface area (Å²) in [5, 5.41) is 10.1. The van der Waals surface area contributed by atoms with E-state index in [4.69, 9.17) is 0 Å². The number of hydrogen-bond donors (Lipinski definition) is 1. The predicted molar refractivity (Wildman–Crippen MR) is 95.2 cm³/mol. The summed E-state index contributed by atoms with van der Waals surface area (Å²) in [6.45, 7) is 5.12. The van der Waals surface area contributed by atoms with E-state index in [0.29, 0.717) is 10.8 Å². The molecular formula is C19H29IO. The van der Waals surface area contributed by atoms with Crippen molar-refractivity contribution < 1.29 is 5.11 Å². The lowest BCUT2D eigenvalue weighted by atomic mass is 9.45. The molecule has 1 nitrogen and oxygen atoms in total. The second kappa shape index (κ2) is 4.96. The molecule has 0 saturated heterocycles. The fraction of sp³-hybridized carbons (Fsp3) is 0.895. The van der Waals surface area contributed by atoms with Gasteiger partial charge in [-0.25, -0.2) is 0 Å². The van der Waals surface area contributed by atoms with Crippen LogP contribution >= 0.6 is 22.6 Å². The Hall–Kier alpha value is 0.430. The molecule has 4 aliphatic rings. The van der Waals surface area contributed by atoms with Crippen molar-refractivity contribution >= 4 is 22.6 Å². The fourth-order valence-corrected chi connectivity index (χ4v) is 7.67. The third-order valence-electron chi connectivity index (χ3n) is 8.12. The minimum Gasteiger partial charge on any atom is -0.393 e. The van der Waals surface area contributed by atoms with Crippen LogP contribution in [0.25, 0.3) is 0 Å². The van der Waals surface area contributed by atoms with E-state index in [-0.39, 0.29) is 6.10 Å². The molecule has 0 aromatic carbocycles. The molecule has 3 fully saturated rings. The van der Waals surface area contributed by atoms with Gasteiger partial charge in [-0.05, 0) is 107 Å². The van der Waals surface area contributed by atoms with Crippen molar-refractivity contribution in [3.8, 4) is 0 Å². The molecule has 0 aliphatic heterocycles. The van der Waals surface area contributed by atoms with Gasteiger partial charge in [0, 0.05) is 5.41 Å². The summed E-state index contributed by atoms with van der Waals surface area (Å²) in [5.41, 5.74) is 1.02. The molecule has 4 aliphatic carbocycles. The van der Waals surface area contributed by atoms with Gasteiger partial charge in [-0.3, -0.25) is 0 Å². The first-order valence-electron chi connectivity index (χ1n) is 8.99. The molecule has 1 N–H and O–H groups in total. The van der Waals surface area contributed by atoms with E-state index in [1.165, 1.54) is 38.5 Å². The molecular weight excluding hydrogens is 371 g/mol. The number of aliphatic hydroxyl groups is 1. The Bertz CT molecular complexity index is 472. The summed E-state index contributed by atoms with van der Waals surface area (Å²) in [7, 11) is 0. The molecule has 0 radical (unpaired) electrons. The van der Waals surface area contributed by atoms with E-state index in [1.807, 2.05) is 0 Å². The second-order valence-electron chi connectivity index (χ2n) is 8.83. The predicted octanol–water partition coefficient (Wildman–Crippen LogP) is 5.32. The van der Waals surface area contributed by atoms with Crippen LogP contribution in [-0.2, 0) is 0 Å². The van der Waals surface area contributed by atoms with E-state index >= 15 is 0 Å². The minimum atomic E-state index is -0.0115. The van der Waals surface area contributed by atoms with Gasteiger partial charge in [-0.2, -0.15) is 0 Å². The molecule has 21 heavy (non-hydrogen) atoms. The van der Waals surface area contributed by atoms with Gasteiger partial charge in [0.15, 0.2) is 0 Å². The summed E-state index contributed by atoms with van der Waals surface area (Å²) in [6, 6.07) is 0. The molecule has 0 bridgehead atoms. The number of rotatable bonds is 0. The van der Waals surface area contributed by atoms with Crippen molar-refractivity contribution in [2.24, 2.45) is 34.5 Å². The van der Waals surface area contributed by atoms with Crippen LogP contribution < -0.4 is 0 Å². The SMILES string of the molecule is CC12CCC3C(CCC4CC(O)CCC43C)C1CC=C2I. The van der Waals surface area contributed by atoms with E-state index in [9.17, 15) is 5.11 Å². The Kier molecular flexibility index (Phi) is 3.54. The third-order valence-corrected chi connectivity index (χ3v) is 9.80. The highest BCUT2D eigenvalue weighted by Crippen LogP contribution is 2.66. The first-order chi connectivity index (χ1) is 9.95. The molecule has 3 saturated carbocycles. The molecule has 2 heteroatoms. The van der Waals surface area contributed by atoms with Crippen molar-refractivity contribution in [2.45, 2.75) is 71.3 Å². The zero-order valence-corrected chi connectivity index (χ0v) is 15.6. The van der Waals surface area contributed by atoms with Gasteiger partial charge < -0.3 is 5.11 Å². The number of allylic oxidation sites excluding steroid dienone is 2. The molecule has 0 spiro atoms. The van der Waals surface area contributed by atoms with Gasteiger partial charge >= 0.3 is 0 Å². The average Bonchev–Trinajstić information content (AvgIpc) is 2.76. The molecule has 0 heterocycles. The van der Waals surface area contributed by atoms with Crippen LogP contribution in [0.5, 0.6) is 0 Å². The summed E-state index contributed by atoms with van der Waals surface area (Å²) >= 11 is 2.62. The number of fused-ring (bicyclic) bond motifs is 5. The van der Waals surface area contributed by atoms with Crippen molar-refractivity contribution in [1.82, 2.24) is 0 Å². The maximum atomic E-state index is 10.1. The standard InChI is InChI=1S/C19H29IO/c1-18-9-7-13(21)11-12(18)3-4-14-15-5-6-17(20)19(15,2)10-8-16(14)18/h6,12-16,21H,3-5,7-11H2,1-2H3. The van der Waals surface area contributed by atoms with Crippen molar-refractivity contribution in [3.63, 3.8) is 0 Å². The van der Waals surface area contributed by atoms with E-state index in [2.05, 4.69) is 42.5 Å². The highest BCUT2D eigenvalue weighted by atomic mass is 127. The molecule has 118 valence electrons. The quantitative estimate of drug-likeness (QED) is 0.546. The molecule has 0 aromatic heterocycles. The Morgan fingerprint density at radius 2 is 1.90 bits per heavy atom. The summed E-state index contributed by atoms with van der Waals surface area (Å²) < 4.78 is 1.65. The van der Waals surface area contributed by atoms with Gasteiger partial charge in [-0.1, -0.05) is 19.9 Å². The van der Waals surface area contributed by atoms with Crippen LogP contribution in [-0.4, -0.2) is 11.2 Å². The molecule has 7 atom stereocenters. The largest absolute Gasteiger partial charge is 0.393 e. The van der Waals surface area contributed by atoms with Crippen molar-refractivity contribution in [1.29, 1.82) is 0 Å². The summed E-state index contributed by atoms with van der Waals surface area (Å²) in [4.78, 5) is 0. The maximum Gasteiger partial charge on any atom is 0.0543 e. The van der Waals surface area contributed by atoms with Gasteiger partial charge in [0.25, 0.3) is 0 Å². The summed E-state index contributed by atoms with van der Waals surface area (Å²) in [5.74, 6) is 3.58.